The fourth-order valence-corrected chi connectivity index (χ4v) is 3.22. The molecule has 1 aromatic rings. The number of sulfonamides is 1. The third kappa shape index (κ3) is 3.53. The van der Waals surface area contributed by atoms with Gasteiger partial charge in [0, 0.05) is 26.2 Å². The smallest absolute Gasteiger partial charge is 0.256 e. The van der Waals surface area contributed by atoms with Crippen molar-refractivity contribution in [1.29, 1.82) is 0 Å². The third-order valence-corrected chi connectivity index (χ3v) is 4.61. The van der Waals surface area contributed by atoms with Gasteiger partial charge in [-0.25, -0.2) is 17.8 Å². The summed E-state index contributed by atoms with van der Waals surface area (Å²) in [5.41, 5.74) is 0.352. The SMILES string of the molecule is CN1CCN(NS(=O)(=O)c2cc(CO)ccc2F)CC1. The van der Waals surface area contributed by atoms with Crippen molar-refractivity contribution in [2.45, 2.75) is 11.5 Å². The standard InChI is InChI=1S/C12H18FN3O3S/c1-15-4-6-16(7-5-15)14-20(18,19)12-8-10(9-17)2-3-11(12)13/h2-3,8,14,17H,4-7,9H2,1H3. The number of rotatable bonds is 4. The first-order chi connectivity index (χ1) is 9.42. The van der Waals surface area contributed by atoms with E-state index in [0.29, 0.717) is 18.7 Å². The van der Waals surface area contributed by atoms with Crippen LogP contribution < -0.4 is 4.83 Å². The van der Waals surface area contributed by atoms with Crippen LogP contribution in [0.1, 0.15) is 5.56 Å². The highest BCUT2D eigenvalue weighted by molar-refractivity contribution is 7.89. The molecule has 1 aliphatic heterocycles. The van der Waals surface area contributed by atoms with Gasteiger partial charge in [0.15, 0.2) is 0 Å². The first-order valence-corrected chi connectivity index (χ1v) is 7.76. The summed E-state index contributed by atoms with van der Waals surface area (Å²) in [6.07, 6.45) is 0. The number of nitrogens with one attached hydrogen (secondary N) is 1. The van der Waals surface area contributed by atoms with Gasteiger partial charge in [0.2, 0.25) is 0 Å². The van der Waals surface area contributed by atoms with Gasteiger partial charge in [-0.2, -0.15) is 0 Å². The second-order valence-corrected chi connectivity index (χ2v) is 6.44. The van der Waals surface area contributed by atoms with E-state index in [0.717, 1.165) is 25.2 Å². The Kier molecular flexibility index (Phi) is 4.71. The Morgan fingerprint density at radius 2 is 1.95 bits per heavy atom. The van der Waals surface area contributed by atoms with E-state index in [1.54, 1.807) is 5.01 Å². The van der Waals surface area contributed by atoms with Crippen molar-refractivity contribution in [3.05, 3.63) is 29.6 Å². The van der Waals surface area contributed by atoms with Crippen LogP contribution in [0, 0.1) is 5.82 Å². The fourth-order valence-electron chi connectivity index (χ4n) is 1.97. The highest BCUT2D eigenvalue weighted by Crippen LogP contribution is 2.17. The lowest BCUT2D eigenvalue weighted by Crippen LogP contribution is -2.52. The number of hydrazine groups is 1. The minimum Gasteiger partial charge on any atom is -0.392 e. The number of hydrogen-bond donors (Lipinski definition) is 2. The first kappa shape index (κ1) is 15.3. The Morgan fingerprint density at radius 3 is 2.55 bits per heavy atom. The van der Waals surface area contributed by atoms with Crippen LogP contribution in [-0.4, -0.2) is 56.7 Å². The van der Waals surface area contributed by atoms with Gasteiger partial charge in [-0.15, -0.1) is 4.83 Å². The van der Waals surface area contributed by atoms with Crippen molar-refractivity contribution < 1.29 is 17.9 Å². The average Bonchev–Trinajstić information content (AvgIpc) is 2.41. The summed E-state index contributed by atoms with van der Waals surface area (Å²) in [4.78, 5) is 4.02. The Hall–Kier alpha value is -1.06. The first-order valence-electron chi connectivity index (χ1n) is 6.27. The third-order valence-electron chi connectivity index (χ3n) is 3.22. The molecule has 1 aliphatic rings. The predicted octanol–water partition coefficient (Wildman–Crippen LogP) is -0.241. The normalized spacial score (nSPS) is 18.4. The molecule has 1 fully saturated rings. The molecule has 6 nitrogen and oxygen atoms in total. The van der Waals surface area contributed by atoms with Crippen molar-refractivity contribution in [3.63, 3.8) is 0 Å². The Bertz CT molecular complexity index is 571. The lowest BCUT2D eigenvalue weighted by Gasteiger charge is -2.32. The van der Waals surface area contributed by atoms with Crippen LogP contribution in [0.2, 0.25) is 0 Å². The molecule has 2 rings (SSSR count). The van der Waals surface area contributed by atoms with Gasteiger partial charge in [0.25, 0.3) is 10.0 Å². The van der Waals surface area contributed by atoms with E-state index in [-0.39, 0.29) is 6.61 Å². The number of likely N-dealkylation sites (N-methyl/N-ethyl adjacent to an activating group) is 1. The summed E-state index contributed by atoms with van der Waals surface area (Å²) in [6.45, 7) is 2.22. The Morgan fingerprint density at radius 1 is 1.30 bits per heavy atom. The van der Waals surface area contributed by atoms with E-state index >= 15 is 0 Å². The van der Waals surface area contributed by atoms with Crippen molar-refractivity contribution in [2.24, 2.45) is 0 Å². The number of piperazine rings is 1. The van der Waals surface area contributed by atoms with Gasteiger partial charge in [0.1, 0.15) is 10.7 Å². The minimum absolute atomic E-state index is 0.336. The quantitative estimate of drug-likeness (QED) is 0.803. The molecule has 0 radical (unpaired) electrons. The zero-order valence-electron chi connectivity index (χ0n) is 11.2. The molecular formula is C12H18FN3O3S. The Balaban J connectivity index is 2.18. The lowest BCUT2D eigenvalue weighted by molar-refractivity contribution is 0.134. The summed E-state index contributed by atoms with van der Waals surface area (Å²) >= 11 is 0. The summed E-state index contributed by atoms with van der Waals surface area (Å²) < 4.78 is 38.1. The zero-order chi connectivity index (χ0) is 14.8. The molecule has 0 atom stereocenters. The number of aliphatic hydroxyl groups excluding tert-OH is 1. The zero-order valence-corrected chi connectivity index (χ0v) is 12.0. The molecule has 0 aliphatic carbocycles. The maximum absolute atomic E-state index is 13.7. The second kappa shape index (κ2) is 6.15. The van der Waals surface area contributed by atoms with E-state index in [1.807, 2.05) is 7.05 Å². The van der Waals surface area contributed by atoms with Crippen LogP contribution in [0.25, 0.3) is 0 Å². The van der Waals surface area contributed by atoms with Crippen LogP contribution in [0.3, 0.4) is 0 Å². The van der Waals surface area contributed by atoms with Crippen molar-refractivity contribution >= 4 is 10.0 Å². The molecule has 112 valence electrons. The molecule has 1 aromatic carbocycles. The van der Waals surface area contributed by atoms with Gasteiger partial charge < -0.3 is 10.0 Å². The molecule has 0 saturated carbocycles. The van der Waals surface area contributed by atoms with Crippen LogP contribution >= 0.6 is 0 Å². The highest BCUT2D eigenvalue weighted by atomic mass is 32.2. The van der Waals surface area contributed by atoms with Crippen LogP contribution in [0.5, 0.6) is 0 Å². The molecule has 0 unspecified atom stereocenters. The van der Waals surface area contributed by atoms with Crippen molar-refractivity contribution in [2.75, 3.05) is 33.2 Å². The number of hydrogen-bond acceptors (Lipinski definition) is 5. The highest BCUT2D eigenvalue weighted by Gasteiger charge is 2.24. The largest absolute Gasteiger partial charge is 0.392 e. The monoisotopic (exact) mass is 303 g/mol. The van der Waals surface area contributed by atoms with Crippen LogP contribution in [0.4, 0.5) is 4.39 Å². The molecule has 8 heteroatoms. The van der Waals surface area contributed by atoms with E-state index < -0.39 is 20.7 Å². The van der Waals surface area contributed by atoms with E-state index in [4.69, 9.17) is 5.11 Å². The summed E-state index contributed by atoms with van der Waals surface area (Å²) in [6, 6.07) is 3.54. The second-order valence-electron chi connectivity index (χ2n) is 4.81. The molecule has 1 saturated heterocycles. The topological polar surface area (TPSA) is 72.9 Å². The molecule has 0 bridgehead atoms. The molecule has 2 N–H and O–H groups in total. The Labute approximate surface area is 117 Å². The van der Waals surface area contributed by atoms with Crippen molar-refractivity contribution in [3.8, 4) is 0 Å². The number of benzene rings is 1. The summed E-state index contributed by atoms with van der Waals surface area (Å²) in [5, 5.41) is 10.6. The lowest BCUT2D eigenvalue weighted by atomic mass is 10.2. The van der Waals surface area contributed by atoms with Crippen LogP contribution in [0.15, 0.2) is 23.1 Å². The molecule has 0 spiro atoms. The molecule has 0 aromatic heterocycles. The fraction of sp³-hybridized carbons (Fsp3) is 0.500. The molecule has 0 amide bonds. The van der Waals surface area contributed by atoms with Gasteiger partial charge in [-0.05, 0) is 24.7 Å². The van der Waals surface area contributed by atoms with E-state index in [2.05, 4.69) is 9.73 Å². The number of nitrogens with zero attached hydrogens (tertiary/aromatic N) is 2. The summed E-state index contributed by atoms with van der Waals surface area (Å²) in [7, 11) is -2.01. The van der Waals surface area contributed by atoms with E-state index in [9.17, 15) is 12.8 Å². The average molecular weight is 303 g/mol. The van der Waals surface area contributed by atoms with Gasteiger partial charge >= 0.3 is 0 Å². The summed E-state index contributed by atoms with van der Waals surface area (Å²) in [5.74, 6) is -0.830. The number of aliphatic hydroxyl groups is 1. The van der Waals surface area contributed by atoms with E-state index in [1.165, 1.54) is 6.07 Å². The molecular weight excluding hydrogens is 285 g/mol. The van der Waals surface area contributed by atoms with Crippen LogP contribution in [-0.2, 0) is 16.6 Å². The van der Waals surface area contributed by atoms with Crippen molar-refractivity contribution in [1.82, 2.24) is 14.7 Å². The van der Waals surface area contributed by atoms with Gasteiger partial charge in [-0.3, -0.25) is 0 Å². The maximum Gasteiger partial charge on any atom is 0.256 e. The maximum atomic E-state index is 13.7. The molecule has 1 heterocycles. The predicted molar refractivity (Wildman–Crippen MR) is 71.7 cm³/mol. The number of halogens is 1. The minimum atomic E-state index is -3.97. The van der Waals surface area contributed by atoms with Gasteiger partial charge in [0.05, 0.1) is 6.61 Å². The van der Waals surface area contributed by atoms with Gasteiger partial charge in [-0.1, -0.05) is 6.07 Å². The molecule has 20 heavy (non-hydrogen) atoms.